The number of carbonyl (C=O) groups is 1. The molecule has 0 bridgehead atoms. The van der Waals surface area contributed by atoms with E-state index in [9.17, 15) is 4.79 Å². The van der Waals surface area contributed by atoms with Gasteiger partial charge < -0.3 is 10.2 Å². The van der Waals surface area contributed by atoms with Crippen LogP contribution in [0, 0.1) is 0 Å². The molecule has 22 heavy (non-hydrogen) atoms. The van der Waals surface area contributed by atoms with Gasteiger partial charge in [-0.15, -0.1) is 0 Å². The summed E-state index contributed by atoms with van der Waals surface area (Å²) in [4.78, 5) is 22.6. The summed E-state index contributed by atoms with van der Waals surface area (Å²) in [7, 11) is 0. The quantitative estimate of drug-likeness (QED) is 0.855. The Morgan fingerprint density at radius 1 is 1.27 bits per heavy atom. The van der Waals surface area contributed by atoms with Crippen LogP contribution in [0.2, 0.25) is 5.15 Å². The van der Waals surface area contributed by atoms with E-state index < -0.39 is 0 Å². The number of nitrogens with one attached hydrogen (secondary N) is 1. The highest BCUT2D eigenvalue weighted by molar-refractivity contribution is 6.29. The van der Waals surface area contributed by atoms with Crippen LogP contribution < -0.4 is 5.32 Å². The monoisotopic (exact) mass is 316 g/mol. The fraction of sp³-hybridized carbons (Fsp3) is 0.312. The van der Waals surface area contributed by atoms with Crippen LogP contribution in [-0.2, 0) is 0 Å². The van der Waals surface area contributed by atoms with E-state index in [4.69, 9.17) is 11.6 Å². The third kappa shape index (κ3) is 3.36. The van der Waals surface area contributed by atoms with Gasteiger partial charge in [0, 0.05) is 18.9 Å². The molecular weight excluding hydrogens is 300 g/mol. The summed E-state index contributed by atoms with van der Waals surface area (Å²) in [6, 6.07) is 7.29. The minimum Gasteiger partial charge on any atom is -0.317 e. The summed E-state index contributed by atoms with van der Waals surface area (Å²) in [6.45, 7) is 0.742. The molecule has 0 aliphatic carbocycles. The maximum absolute atomic E-state index is 12.6. The van der Waals surface area contributed by atoms with E-state index in [1.165, 1.54) is 0 Å². The predicted octanol–water partition coefficient (Wildman–Crippen LogP) is 3.89. The third-order valence-electron chi connectivity index (χ3n) is 3.81. The van der Waals surface area contributed by atoms with Crippen molar-refractivity contribution >= 4 is 23.3 Å². The highest BCUT2D eigenvalue weighted by Crippen LogP contribution is 2.30. The van der Waals surface area contributed by atoms with E-state index >= 15 is 0 Å². The van der Waals surface area contributed by atoms with Gasteiger partial charge in [-0.3, -0.25) is 4.98 Å². The zero-order chi connectivity index (χ0) is 15.4. The number of urea groups is 1. The summed E-state index contributed by atoms with van der Waals surface area (Å²) in [5, 5.41) is 3.29. The molecule has 0 aromatic carbocycles. The molecule has 6 heteroatoms. The molecule has 1 fully saturated rings. The average Bonchev–Trinajstić information content (AvgIpc) is 2.58. The molecule has 0 radical (unpaired) electrons. The fourth-order valence-corrected chi connectivity index (χ4v) is 2.85. The number of hydrogen-bond donors (Lipinski definition) is 1. The number of hydrogen-bond acceptors (Lipinski definition) is 3. The van der Waals surface area contributed by atoms with Gasteiger partial charge in [0.2, 0.25) is 0 Å². The van der Waals surface area contributed by atoms with Gasteiger partial charge in [-0.2, -0.15) is 0 Å². The highest BCUT2D eigenvalue weighted by Gasteiger charge is 2.28. The molecule has 2 aromatic heterocycles. The second-order valence-corrected chi connectivity index (χ2v) is 5.68. The van der Waals surface area contributed by atoms with Crippen molar-refractivity contribution in [3.05, 3.63) is 53.6 Å². The zero-order valence-corrected chi connectivity index (χ0v) is 12.8. The van der Waals surface area contributed by atoms with Gasteiger partial charge >= 0.3 is 6.03 Å². The molecule has 1 unspecified atom stereocenters. The molecule has 3 rings (SSSR count). The minimum atomic E-state index is -0.113. The molecule has 1 aliphatic rings. The molecular formula is C16H17ClN4O. The Hall–Kier alpha value is -2.14. The number of carbonyl (C=O) groups excluding carboxylic acids is 1. The Kier molecular flexibility index (Phi) is 4.53. The molecule has 3 heterocycles. The summed E-state index contributed by atoms with van der Waals surface area (Å²) in [6.07, 6.45) is 8.23. The van der Waals surface area contributed by atoms with Gasteiger partial charge in [0.25, 0.3) is 0 Å². The van der Waals surface area contributed by atoms with E-state index in [2.05, 4.69) is 15.3 Å². The highest BCUT2D eigenvalue weighted by atomic mass is 35.5. The number of aromatic nitrogens is 2. The molecule has 1 N–H and O–H groups in total. The molecule has 5 nitrogen and oxygen atoms in total. The van der Waals surface area contributed by atoms with Crippen molar-refractivity contribution in [1.29, 1.82) is 0 Å². The first-order chi connectivity index (χ1) is 10.7. The largest absolute Gasteiger partial charge is 0.322 e. The molecule has 0 spiro atoms. The summed E-state index contributed by atoms with van der Waals surface area (Å²) in [5.41, 5.74) is 1.72. The number of rotatable bonds is 2. The van der Waals surface area contributed by atoms with Gasteiger partial charge in [-0.25, -0.2) is 9.78 Å². The van der Waals surface area contributed by atoms with Gasteiger partial charge in [0.1, 0.15) is 5.15 Å². The van der Waals surface area contributed by atoms with Crippen LogP contribution in [0.5, 0.6) is 0 Å². The van der Waals surface area contributed by atoms with Crippen molar-refractivity contribution in [3.63, 3.8) is 0 Å². The van der Waals surface area contributed by atoms with Crippen molar-refractivity contribution in [2.75, 3.05) is 11.9 Å². The third-order valence-corrected chi connectivity index (χ3v) is 4.04. The van der Waals surface area contributed by atoms with Crippen molar-refractivity contribution in [3.8, 4) is 0 Å². The SMILES string of the molecule is O=C(Nc1ccc(Cl)nc1)N1CCCCC1c1cccnc1. The molecule has 114 valence electrons. The van der Waals surface area contributed by atoms with Gasteiger partial charge in [0.05, 0.1) is 17.9 Å². The summed E-state index contributed by atoms with van der Waals surface area (Å²) in [5.74, 6) is 0. The van der Waals surface area contributed by atoms with Gasteiger partial charge in [-0.1, -0.05) is 17.7 Å². The summed E-state index contributed by atoms with van der Waals surface area (Å²) < 4.78 is 0. The number of amides is 2. The zero-order valence-electron chi connectivity index (χ0n) is 12.1. The molecule has 2 amide bonds. The minimum absolute atomic E-state index is 0.0720. The Morgan fingerprint density at radius 3 is 2.91 bits per heavy atom. The lowest BCUT2D eigenvalue weighted by molar-refractivity contribution is 0.163. The van der Waals surface area contributed by atoms with E-state index in [1.54, 1.807) is 24.5 Å². The van der Waals surface area contributed by atoms with Crippen LogP contribution in [0.25, 0.3) is 0 Å². The molecule has 2 aromatic rings. The average molecular weight is 317 g/mol. The fourth-order valence-electron chi connectivity index (χ4n) is 2.74. The Labute approximate surface area is 134 Å². The van der Waals surface area contributed by atoms with Crippen molar-refractivity contribution < 1.29 is 4.79 Å². The standard InChI is InChI=1S/C16H17ClN4O/c17-15-7-6-13(11-19-15)20-16(22)21-9-2-1-5-14(21)12-4-3-8-18-10-12/h3-4,6-8,10-11,14H,1-2,5,9H2,(H,20,22). The topological polar surface area (TPSA) is 58.1 Å². The van der Waals surface area contributed by atoms with Crippen LogP contribution in [0.1, 0.15) is 30.9 Å². The molecule has 1 aliphatic heterocycles. The Bertz CT molecular complexity index is 632. The normalized spacial score (nSPS) is 18.0. The first-order valence-electron chi connectivity index (χ1n) is 7.33. The lowest BCUT2D eigenvalue weighted by atomic mass is 9.97. The van der Waals surface area contributed by atoms with E-state index in [-0.39, 0.29) is 12.1 Å². The smallest absolute Gasteiger partial charge is 0.317 e. The van der Waals surface area contributed by atoms with Crippen LogP contribution in [-0.4, -0.2) is 27.4 Å². The number of pyridine rings is 2. The van der Waals surface area contributed by atoms with Crippen molar-refractivity contribution in [2.24, 2.45) is 0 Å². The van der Waals surface area contributed by atoms with Crippen LogP contribution in [0.3, 0.4) is 0 Å². The Morgan fingerprint density at radius 2 is 2.18 bits per heavy atom. The maximum atomic E-state index is 12.6. The number of piperidine rings is 1. The van der Waals surface area contributed by atoms with Crippen LogP contribution >= 0.6 is 11.6 Å². The van der Waals surface area contributed by atoms with Crippen LogP contribution in [0.15, 0.2) is 42.9 Å². The van der Waals surface area contributed by atoms with E-state index in [0.29, 0.717) is 10.8 Å². The molecule has 0 saturated carbocycles. The number of nitrogens with zero attached hydrogens (tertiary/aromatic N) is 3. The molecule has 1 saturated heterocycles. The van der Waals surface area contributed by atoms with Gasteiger partial charge in [0.15, 0.2) is 0 Å². The first-order valence-corrected chi connectivity index (χ1v) is 7.71. The maximum Gasteiger partial charge on any atom is 0.322 e. The number of halogens is 1. The van der Waals surface area contributed by atoms with Crippen molar-refractivity contribution in [2.45, 2.75) is 25.3 Å². The summed E-state index contributed by atoms with van der Waals surface area (Å²) >= 11 is 5.76. The van der Waals surface area contributed by atoms with Crippen LogP contribution in [0.4, 0.5) is 10.5 Å². The molecule has 1 atom stereocenters. The van der Waals surface area contributed by atoms with Crippen molar-refractivity contribution in [1.82, 2.24) is 14.9 Å². The first kappa shape index (κ1) is 14.8. The number of anilines is 1. The second kappa shape index (κ2) is 6.75. The predicted molar refractivity (Wildman–Crippen MR) is 85.8 cm³/mol. The lowest BCUT2D eigenvalue weighted by Gasteiger charge is -2.35. The Balaban J connectivity index is 1.75. The second-order valence-electron chi connectivity index (χ2n) is 5.29. The number of likely N-dealkylation sites (tertiary alicyclic amines) is 1. The lowest BCUT2D eigenvalue weighted by Crippen LogP contribution is -2.41. The van der Waals surface area contributed by atoms with E-state index in [1.807, 2.05) is 23.2 Å². The van der Waals surface area contributed by atoms with Gasteiger partial charge in [-0.05, 0) is 43.0 Å². The van der Waals surface area contributed by atoms with E-state index in [0.717, 1.165) is 31.4 Å².